The van der Waals surface area contributed by atoms with Gasteiger partial charge in [0.25, 0.3) is 0 Å². The molecular weight excluding hydrogens is 1110 g/mol. The zero-order valence-electron chi connectivity index (χ0n) is 43.5. The Kier molecular flexibility index (Phi) is 23.2. The van der Waals surface area contributed by atoms with Crippen LogP contribution in [0.5, 0.6) is 0 Å². The van der Waals surface area contributed by atoms with Gasteiger partial charge in [-0.1, -0.05) is 0 Å². The standard InChI is InChI=1S/C45H76N2O34/c1-10-21(55)27(61)32(66)43(71-10)79-36-20(47-12(3)53)39(68)72-17(7-51)35(36)78-40-19(46-11(2)52)26(60)34(16(6-50)75-40)77-45-38(81-42-30(64)22(56)13(54)8-69-42)37(25(59)15(5-49)74-45)80-44-33(67)29(63)24(58)18(76-44)9-70-41-31(65)28(62)23(57)14(4-48)73-41/h10,13-45,48-51,54-68H,4-9H2,1-3H3,(H,46,52)(H,47,53)/t10-,13+,14+,15+,16+,17+,18+,19+,20+,21+,22-,23+,24+,25+,26+,27+,28-,29-,30+,31-,32-,33-,34+,35+,36+,37-,38-,39?,40-,41-,42-,43-,44+,45-/m0/s1. The second-order valence-corrected chi connectivity index (χ2v) is 20.6. The van der Waals surface area contributed by atoms with Crippen LogP contribution in [-0.4, -0.2) is 357 Å². The Labute approximate surface area is 459 Å². The summed E-state index contributed by atoms with van der Waals surface area (Å²) in [4.78, 5) is 25.4. The summed E-state index contributed by atoms with van der Waals surface area (Å²) in [5.74, 6) is -1.67. The van der Waals surface area contributed by atoms with Gasteiger partial charge in [0.15, 0.2) is 44.0 Å². The van der Waals surface area contributed by atoms with Crippen molar-refractivity contribution in [2.24, 2.45) is 0 Å². The molecule has 7 heterocycles. The van der Waals surface area contributed by atoms with Crippen molar-refractivity contribution in [3.8, 4) is 0 Å². The molecule has 0 saturated carbocycles. The summed E-state index contributed by atoms with van der Waals surface area (Å²) in [5.41, 5.74) is 0. The fourth-order valence-corrected chi connectivity index (χ4v) is 10.3. The molecule has 0 aromatic rings. The maximum absolute atomic E-state index is 12.9. The fraction of sp³-hybridized carbons (Fsp3) is 0.956. The summed E-state index contributed by atoms with van der Waals surface area (Å²) in [5, 5.41) is 209. The van der Waals surface area contributed by atoms with Crippen molar-refractivity contribution in [2.75, 3.05) is 39.6 Å². The molecule has 0 aromatic heterocycles. The highest BCUT2D eigenvalue weighted by Gasteiger charge is 2.59. The Hall–Kier alpha value is -2.34. The van der Waals surface area contributed by atoms with E-state index in [4.69, 9.17) is 61.6 Å². The van der Waals surface area contributed by atoms with Crippen molar-refractivity contribution in [3.05, 3.63) is 0 Å². The first-order valence-electron chi connectivity index (χ1n) is 25.9. The van der Waals surface area contributed by atoms with Gasteiger partial charge in [-0.15, -0.1) is 0 Å². The van der Waals surface area contributed by atoms with E-state index in [1.54, 1.807) is 0 Å². The lowest BCUT2D eigenvalue weighted by molar-refractivity contribution is -0.403. The Morgan fingerprint density at radius 3 is 1.44 bits per heavy atom. The Morgan fingerprint density at radius 2 is 0.840 bits per heavy atom. The summed E-state index contributed by atoms with van der Waals surface area (Å²) in [6, 6.07) is -3.52. The molecule has 0 spiro atoms. The van der Waals surface area contributed by atoms with Crippen molar-refractivity contribution in [1.29, 1.82) is 0 Å². The zero-order chi connectivity index (χ0) is 59.6. The van der Waals surface area contributed by atoms with Crippen LogP contribution in [0.25, 0.3) is 0 Å². The minimum absolute atomic E-state index is 0.695. The number of aliphatic hydroxyl groups excluding tert-OH is 19. The highest BCUT2D eigenvalue weighted by atomic mass is 16.8. The van der Waals surface area contributed by atoms with Crippen LogP contribution in [-0.2, 0) is 71.2 Å². The van der Waals surface area contributed by atoms with Crippen molar-refractivity contribution < 1.29 is 168 Å². The third kappa shape index (κ3) is 14.4. The number of amides is 2. The van der Waals surface area contributed by atoms with Gasteiger partial charge in [-0.3, -0.25) is 9.59 Å². The van der Waals surface area contributed by atoms with E-state index in [1.807, 2.05) is 0 Å². The van der Waals surface area contributed by atoms with E-state index in [9.17, 15) is 107 Å². The number of aliphatic hydroxyl groups is 19. The van der Waals surface area contributed by atoms with Crippen LogP contribution in [0.15, 0.2) is 0 Å². The molecule has 7 rings (SSSR count). The Balaban J connectivity index is 1.19. The third-order valence-electron chi connectivity index (χ3n) is 14.9. The van der Waals surface area contributed by atoms with E-state index < -0.39 is 260 Å². The van der Waals surface area contributed by atoms with E-state index in [1.165, 1.54) is 6.92 Å². The molecule has 7 fully saturated rings. The average Bonchev–Trinajstić information content (AvgIpc) is 3.57. The monoisotopic (exact) mass is 1190 g/mol. The molecule has 21 N–H and O–H groups in total. The van der Waals surface area contributed by atoms with E-state index in [0.29, 0.717) is 0 Å². The lowest BCUT2D eigenvalue weighted by Gasteiger charge is -2.52. The minimum atomic E-state index is -2.24. The molecule has 2 amide bonds. The van der Waals surface area contributed by atoms with E-state index in [-0.39, 0.29) is 0 Å². The van der Waals surface area contributed by atoms with Crippen LogP contribution in [0.4, 0.5) is 0 Å². The molecule has 0 radical (unpaired) electrons. The van der Waals surface area contributed by atoms with Crippen LogP contribution in [0.3, 0.4) is 0 Å². The molecule has 7 saturated heterocycles. The molecular formula is C45H76N2O34. The zero-order valence-corrected chi connectivity index (χ0v) is 43.5. The SMILES string of the molecule is CC(=O)N[C@H]1[C@H](O[C@H]2[C@H](O[C@@H]3O[C@@H](C)[C@@H](O)[C@@H](O)[C@@H]3O)[C@@H](NC(C)=O)C(O)O[C@@H]2CO)O[C@H](CO)[C@@H](O[C@@H]2O[C@H](CO)[C@@H](O)[C@H](O[C@H]3O[C@H](CO[C@H]4O[C@H](CO)[C@@H](O)[C@H](O)[C@@H]4O)[C@@H](O)[C@H](O)[C@@H]3O)[C@@H]2O[C@@H]2OC[C@@H](O)[C@H](O)[C@H]2O)[C@@H]1O. The third-order valence-corrected chi connectivity index (χ3v) is 14.9. The molecule has 470 valence electrons. The van der Waals surface area contributed by atoms with E-state index >= 15 is 0 Å². The van der Waals surface area contributed by atoms with Crippen LogP contribution >= 0.6 is 0 Å². The van der Waals surface area contributed by atoms with Crippen LogP contribution in [0.1, 0.15) is 20.8 Å². The number of hydrogen-bond donors (Lipinski definition) is 21. The van der Waals surface area contributed by atoms with E-state index in [2.05, 4.69) is 10.6 Å². The number of carbonyl (C=O) groups excluding carboxylic acids is 2. The first kappa shape index (κ1) is 66.2. The Morgan fingerprint density at radius 1 is 0.395 bits per heavy atom. The lowest BCUT2D eigenvalue weighted by Crippen LogP contribution is -2.71. The number of ether oxygens (including phenoxy) is 13. The number of carbonyl (C=O) groups is 2. The largest absolute Gasteiger partial charge is 0.394 e. The molecule has 34 atom stereocenters. The summed E-state index contributed by atoms with van der Waals surface area (Å²) in [6.07, 6.45) is -61.1. The van der Waals surface area contributed by atoms with Crippen molar-refractivity contribution >= 4 is 11.8 Å². The van der Waals surface area contributed by atoms with Gasteiger partial charge in [-0.05, 0) is 6.92 Å². The van der Waals surface area contributed by atoms with Crippen LogP contribution < -0.4 is 10.6 Å². The van der Waals surface area contributed by atoms with Crippen molar-refractivity contribution in [3.63, 3.8) is 0 Å². The smallest absolute Gasteiger partial charge is 0.217 e. The van der Waals surface area contributed by atoms with Gasteiger partial charge in [-0.25, -0.2) is 0 Å². The Bertz CT molecular complexity index is 1990. The van der Waals surface area contributed by atoms with Crippen LogP contribution in [0.2, 0.25) is 0 Å². The topological polar surface area (TPSA) is 563 Å². The van der Waals surface area contributed by atoms with Crippen LogP contribution in [0, 0.1) is 0 Å². The molecule has 0 aliphatic carbocycles. The molecule has 1 unspecified atom stereocenters. The molecule has 36 heteroatoms. The molecule has 36 nitrogen and oxygen atoms in total. The minimum Gasteiger partial charge on any atom is -0.394 e. The maximum atomic E-state index is 12.9. The maximum Gasteiger partial charge on any atom is 0.217 e. The van der Waals surface area contributed by atoms with Crippen molar-refractivity contribution in [1.82, 2.24) is 10.6 Å². The fourth-order valence-electron chi connectivity index (χ4n) is 10.3. The second-order valence-electron chi connectivity index (χ2n) is 20.6. The number of nitrogens with one attached hydrogen (secondary N) is 2. The first-order chi connectivity index (χ1) is 38.3. The normalized spacial score (nSPS) is 50.8. The molecule has 81 heavy (non-hydrogen) atoms. The average molecular weight is 1190 g/mol. The van der Waals surface area contributed by atoms with Gasteiger partial charge >= 0.3 is 0 Å². The summed E-state index contributed by atoms with van der Waals surface area (Å²) >= 11 is 0. The highest BCUT2D eigenvalue weighted by molar-refractivity contribution is 5.73. The van der Waals surface area contributed by atoms with Crippen molar-refractivity contribution in [2.45, 2.75) is 229 Å². The summed E-state index contributed by atoms with van der Waals surface area (Å²) in [6.45, 7) is -2.26. The lowest BCUT2D eigenvalue weighted by atomic mass is 9.93. The number of hydrogen-bond acceptors (Lipinski definition) is 34. The van der Waals surface area contributed by atoms with Gasteiger partial charge in [-0.2, -0.15) is 0 Å². The van der Waals surface area contributed by atoms with Gasteiger partial charge in [0.2, 0.25) is 11.8 Å². The van der Waals surface area contributed by atoms with Gasteiger partial charge < -0.3 is 169 Å². The summed E-state index contributed by atoms with van der Waals surface area (Å²) in [7, 11) is 0. The molecule has 7 aliphatic heterocycles. The van der Waals surface area contributed by atoms with Gasteiger partial charge in [0, 0.05) is 13.8 Å². The first-order valence-corrected chi connectivity index (χ1v) is 25.9. The molecule has 0 aromatic carbocycles. The summed E-state index contributed by atoms with van der Waals surface area (Å²) < 4.78 is 75.9. The van der Waals surface area contributed by atoms with Gasteiger partial charge in [0.05, 0.1) is 45.7 Å². The second kappa shape index (κ2) is 28.4. The predicted molar refractivity (Wildman–Crippen MR) is 248 cm³/mol. The quantitative estimate of drug-likeness (QED) is 0.0571. The molecule has 0 bridgehead atoms. The van der Waals surface area contributed by atoms with Gasteiger partial charge in [0.1, 0.15) is 159 Å². The van der Waals surface area contributed by atoms with E-state index in [0.717, 1.165) is 13.8 Å². The predicted octanol–water partition coefficient (Wildman–Crippen LogP) is -14.3. The highest BCUT2D eigenvalue weighted by Crippen LogP contribution is 2.38. The number of rotatable bonds is 19. The molecule has 7 aliphatic rings.